The summed E-state index contributed by atoms with van der Waals surface area (Å²) in [5.41, 5.74) is 2.89. The monoisotopic (exact) mass is 295 g/mol. The summed E-state index contributed by atoms with van der Waals surface area (Å²) in [4.78, 5) is 12.4. The number of pyridine rings is 1. The lowest BCUT2D eigenvalue weighted by Gasteiger charge is -2.08. The van der Waals surface area contributed by atoms with Gasteiger partial charge in [0.15, 0.2) is 5.82 Å². The number of hydrogen-bond acceptors (Lipinski definition) is 3. The molecule has 0 aliphatic carbocycles. The van der Waals surface area contributed by atoms with Crippen molar-refractivity contribution >= 4 is 23.1 Å². The first-order chi connectivity index (χ1) is 10.1. The van der Waals surface area contributed by atoms with Crippen LogP contribution in [0, 0.1) is 10.6 Å². The van der Waals surface area contributed by atoms with Crippen molar-refractivity contribution in [3.05, 3.63) is 52.8 Å². The van der Waals surface area contributed by atoms with E-state index in [2.05, 4.69) is 40.9 Å². The van der Waals surface area contributed by atoms with E-state index in [0.717, 1.165) is 34.5 Å². The van der Waals surface area contributed by atoms with Crippen molar-refractivity contribution in [2.75, 3.05) is 0 Å². The highest BCUT2D eigenvalue weighted by molar-refractivity contribution is 7.71. The summed E-state index contributed by atoms with van der Waals surface area (Å²) in [6.45, 7) is 4.37. The van der Waals surface area contributed by atoms with Gasteiger partial charge in [-0.15, -0.1) is 0 Å². The third-order valence-corrected chi connectivity index (χ3v) is 3.48. The van der Waals surface area contributed by atoms with Crippen LogP contribution >= 0.6 is 12.2 Å². The third-order valence-electron chi connectivity index (χ3n) is 3.27. The van der Waals surface area contributed by atoms with Crippen molar-refractivity contribution in [3.8, 4) is 11.5 Å². The molecule has 0 spiro atoms. The second-order valence-corrected chi connectivity index (χ2v) is 6.00. The number of hydrogen-bond donors (Lipinski definition) is 1. The SMILES string of the molecule is CC(C)Cc1cc(=S)nc(-c2ccc3ccccc3n2)[nH]1. The summed E-state index contributed by atoms with van der Waals surface area (Å²) in [5.74, 6) is 1.30. The quantitative estimate of drug-likeness (QED) is 0.721. The standard InChI is InChI=1S/C17H17N3S/c1-11(2)9-13-10-16(21)20-17(18-13)15-8-7-12-5-3-4-6-14(12)19-15/h3-8,10-11H,9H2,1-2H3,(H,18,20,21). The molecular weight excluding hydrogens is 278 g/mol. The Morgan fingerprint density at radius 1 is 1.10 bits per heavy atom. The Morgan fingerprint density at radius 2 is 1.90 bits per heavy atom. The zero-order valence-electron chi connectivity index (χ0n) is 12.1. The minimum atomic E-state index is 0.565. The highest BCUT2D eigenvalue weighted by Crippen LogP contribution is 2.19. The molecule has 4 heteroatoms. The summed E-state index contributed by atoms with van der Waals surface area (Å²) in [5, 5.41) is 1.12. The molecule has 0 unspecified atom stereocenters. The molecule has 1 N–H and O–H groups in total. The van der Waals surface area contributed by atoms with Crippen LogP contribution in [0.3, 0.4) is 0 Å². The van der Waals surface area contributed by atoms with Crippen LogP contribution in [0.5, 0.6) is 0 Å². The molecule has 0 bridgehead atoms. The van der Waals surface area contributed by atoms with Crippen LogP contribution in [0.4, 0.5) is 0 Å². The van der Waals surface area contributed by atoms with Gasteiger partial charge < -0.3 is 4.98 Å². The van der Waals surface area contributed by atoms with Gasteiger partial charge in [-0.3, -0.25) is 0 Å². The second-order valence-electron chi connectivity index (χ2n) is 5.58. The number of nitrogens with one attached hydrogen (secondary N) is 1. The van der Waals surface area contributed by atoms with Crippen LogP contribution in [-0.2, 0) is 6.42 Å². The molecule has 0 atom stereocenters. The molecule has 0 saturated heterocycles. The number of nitrogens with zero attached hydrogens (tertiary/aromatic N) is 2. The number of fused-ring (bicyclic) bond motifs is 1. The molecule has 0 amide bonds. The summed E-state index contributed by atoms with van der Waals surface area (Å²) in [6.07, 6.45) is 0.951. The first-order valence-electron chi connectivity index (χ1n) is 7.08. The molecule has 2 aromatic heterocycles. The van der Waals surface area contributed by atoms with Crippen LogP contribution in [0.1, 0.15) is 19.5 Å². The Labute approximate surface area is 129 Å². The predicted octanol–water partition coefficient (Wildman–Crippen LogP) is 4.55. The molecule has 106 valence electrons. The normalized spacial score (nSPS) is 11.2. The van der Waals surface area contributed by atoms with Gasteiger partial charge in [-0.05, 0) is 30.5 Å². The lowest BCUT2D eigenvalue weighted by Crippen LogP contribution is -2.01. The fraction of sp³-hybridized carbons (Fsp3) is 0.235. The van der Waals surface area contributed by atoms with Crippen molar-refractivity contribution < 1.29 is 0 Å². The van der Waals surface area contributed by atoms with Gasteiger partial charge in [-0.1, -0.05) is 50.3 Å². The molecule has 1 aromatic carbocycles. The molecule has 3 aromatic rings. The minimum Gasteiger partial charge on any atom is -0.342 e. The topological polar surface area (TPSA) is 41.6 Å². The second kappa shape index (κ2) is 5.74. The van der Waals surface area contributed by atoms with Crippen LogP contribution in [-0.4, -0.2) is 15.0 Å². The smallest absolute Gasteiger partial charge is 0.157 e. The van der Waals surface area contributed by atoms with Gasteiger partial charge in [-0.25, -0.2) is 9.97 Å². The highest BCUT2D eigenvalue weighted by atomic mass is 32.1. The largest absolute Gasteiger partial charge is 0.342 e. The Balaban J connectivity index is 2.09. The molecular formula is C17H17N3S. The molecule has 3 rings (SSSR count). The number of aromatic nitrogens is 3. The van der Waals surface area contributed by atoms with E-state index in [4.69, 9.17) is 12.2 Å². The summed E-state index contributed by atoms with van der Waals surface area (Å²) in [7, 11) is 0. The number of para-hydroxylation sites is 1. The van der Waals surface area contributed by atoms with E-state index in [0.29, 0.717) is 10.6 Å². The van der Waals surface area contributed by atoms with Crippen molar-refractivity contribution in [3.63, 3.8) is 0 Å². The summed E-state index contributed by atoms with van der Waals surface area (Å²) < 4.78 is 0.606. The Bertz CT molecular complexity index is 837. The Morgan fingerprint density at radius 3 is 2.71 bits per heavy atom. The molecule has 0 fully saturated rings. The maximum absolute atomic E-state index is 5.28. The molecule has 0 aliphatic rings. The highest BCUT2D eigenvalue weighted by Gasteiger charge is 2.06. The van der Waals surface area contributed by atoms with Gasteiger partial charge in [0.1, 0.15) is 10.3 Å². The summed E-state index contributed by atoms with van der Waals surface area (Å²) >= 11 is 5.28. The zero-order chi connectivity index (χ0) is 14.8. The number of rotatable bonds is 3. The van der Waals surface area contributed by atoms with Gasteiger partial charge in [-0.2, -0.15) is 0 Å². The van der Waals surface area contributed by atoms with Crippen molar-refractivity contribution in [2.45, 2.75) is 20.3 Å². The van der Waals surface area contributed by atoms with Gasteiger partial charge in [0.2, 0.25) is 0 Å². The zero-order valence-corrected chi connectivity index (χ0v) is 12.9. The van der Waals surface area contributed by atoms with E-state index < -0.39 is 0 Å². The minimum absolute atomic E-state index is 0.565. The number of H-pyrrole nitrogens is 1. The maximum atomic E-state index is 5.28. The average molecular weight is 295 g/mol. The molecule has 0 radical (unpaired) electrons. The fourth-order valence-corrected chi connectivity index (χ4v) is 2.61. The van der Waals surface area contributed by atoms with Crippen LogP contribution in [0.2, 0.25) is 0 Å². The van der Waals surface area contributed by atoms with Crippen molar-refractivity contribution in [1.29, 1.82) is 0 Å². The predicted molar refractivity (Wildman–Crippen MR) is 88.7 cm³/mol. The average Bonchev–Trinajstić information content (AvgIpc) is 2.45. The molecule has 3 nitrogen and oxygen atoms in total. The Kier molecular flexibility index (Phi) is 3.80. The summed E-state index contributed by atoms with van der Waals surface area (Å²) in [6, 6.07) is 14.0. The van der Waals surface area contributed by atoms with E-state index in [1.165, 1.54) is 0 Å². The number of benzene rings is 1. The van der Waals surface area contributed by atoms with E-state index in [9.17, 15) is 0 Å². The van der Waals surface area contributed by atoms with Gasteiger partial charge >= 0.3 is 0 Å². The van der Waals surface area contributed by atoms with E-state index in [1.807, 2.05) is 30.3 Å². The van der Waals surface area contributed by atoms with E-state index in [1.54, 1.807) is 0 Å². The lowest BCUT2D eigenvalue weighted by atomic mass is 10.1. The lowest BCUT2D eigenvalue weighted by molar-refractivity contribution is 0.634. The van der Waals surface area contributed by atoms with Crippen molar-refractivity contribution in [1.82, 2.24) is 15.0 Å². The van der Waals surface area contributed by atoms with Crippen molar-refractivity contribution in [2.24, 2.45) is 5.92 Å². The molecule has 21 heavy (non-hydrogen) atoms. The Hall–Kier alpha value is -2.07. The maximum Gasteiger partial charge on any atom is 0.157 e. The number of aromatic amines is 1. The van der Waals surface area contributed by atoms with Crippen LogP contribution in [0.15, 0.2) is 42.5 Å². The first-order valence-corrected chi connectivity index (χ1v) is 7.49. The van der Waals surface area contributed by atoms with E-state index in [-0.39, 0.29) is 0 Å². The van der Waals surface area contributed by atoms with Crippen LogP contribution in [0.25, 0.3) is 22.4 Å². The van der Waals surface area contributed by atoms with Crippen LogP contribution < -0.4 is 0 Å². The molecule has 0 aliphatic heterocycles. The van der Waals surface area contributed by atoms with Gasteiger partial charge in [0, 0.05) is 11.1 Å². The molecule has 2 heterocycles. The molecule has 0 saturated carbocycles. The van der Waals surface area contributed by atoms with E-state index >= 15 is 0 Å². The van der Waals surface area contributed by atoms with Gasteiger partial charge in [0.05, 0.1) is 5.52 Å². The van der Waals surface area contributed by atoms with Gasteiger partial charge in [0.25, 0.3) is 0 Å². The fourth-order valence-electron chi connectivity index (χ4n) is 2.38. The third kappa shape index (κ3) is 3.16. The first kappa shape index (κ1) is 13.9.